The second kappa shape index (κ2) is 8.96. The fraction of sp³-hybridized carbons (Fsp3) is 0.478. The Kier molecular flexibility index (Phi) is 6.05. The van der Waals surface area contributed by atoms with Gasteiger partial charge in [-0.3, -0.25) is 18.9 Å². The van der Waals surface area contributed by atoms with Gasteiger partial charge in [-0.15, -0.1) is 0 Å². The second-order valence-corrected chi connectivity index (χ2v) is 10.2. The Balaban J connectivity index is 1.57. The Bertz CT molecular complexity index is 1150. The molecule has 1 aliphatic carbocycles. The number of thiocarbonyl (C=S) groups is 1. The normalized spacial score (nSPS) is 22.1. The van der Waals surface area contributed by atoms with E-state index in [0.29, 0.717) is 26.3 Å². The lowest BCUT2D eigenvalue weighted by Crippen LogP contribution is -2.47. The van der Waals surface area contributed by atoms with Gasteiger partial charge in [-0.25, -0.2) is 4.98 Å². The van der Waals surface area contributed by atoms with Crippen molar-refractivity contribution in [2.24, 2.45) is 0 Å². The van der Waals surface area contributed by atoms with Gasteiger partial charge in [0.1, 0.15) is 15.8 Å². The van der Waals surface area contributed by atoms with Crippen LogP contribution in [0.3, 0.4) is 0 Å². The molecule has 9 heteroatoms. The molecule has 2 saturated heterocycles. The van der Waals surface area contributed by atoms with Gasteiger partial charge in [0.05, 0.1) is 10.5 Å². The average molecular weight is 470 g/mol. The van der Waals surface area contributed by atoms with Gasteiger partial charge in [0.2, 0.25) is 0 Å². The van der Waals surface area contributed by atoms with Gasteiger partial charge < -0.3 is 9.80 Å². The maximum Gasteiger partial charge on any atom is 0.267 e. The highest BCUT2D eigenvalue weighted by molar-refractivity contribution is 8.26. The number of anilines is 1. The first-order chi connectivity index (χ1) is 15.6. The topological polar surface area (TPSA) is 61.2 Å². The van der Waals surface area contributed by atoms with Crippen molar-refractivity contribution in [2.45, 2.75) is 38.6 Å². The van der Waals surface area contributed by atoms with E-state index in [2.05, 4.69) is 16.7 Å². The molecule has 0 spiro atoms. The SMILES string of the molecule is CCN1CCN(c2nc3ccccn3c(=O)c2/C=C2\SC(=S)N(C3CCCC3)C2=O)CC1. The Hall–Kier alpha value is -2.23. The lowest BCUT2D eigenvalue weighted by atomic mass is 10.2. The van der Waals surface area contributed by atoms with Crippen molar-refractivity contribution in [1.29, 1.82) is 0 Å². The number of aromatic nitrogens is 2. The van der Waals surface area contributed by atoms with Crippen LogP contribution in [0.15, 0.2) is 34.1 Å². The lowest BCUT2D eigenvalue weighted by Gasteiger charge is -2.35. The molecule has 0 aromatic carbocycles. The number of likely N-dealkylation sites (N-methyl/N-ethyl adjacent to an activating group) is 1. The molecule has 2 aromatic rings. The number of pyridine rings is 1. The molecule has 1 saturated carbocycles. The molecular formula is C23H27N5O2S2. The Labute approximate surface area is 197 Å². The number of fused-ring (bicyclic) bond motifs is 1. The predicted octanol–water partition coefficient (Wildman–Crippen LogP) is 2.98. The van der Waals surface area contributed by atoms with Gasteiger partial charge in [-0.1, -0.05) is 49.8 Å². The molecular weight excluding hydrogens is 442 g/mol. The summed E-state index contributed by atoms with van der Waals surface area (Å²) in [5.41, 5.74) is 0.918. The van der Waals surface area contributed by atoms with Crippen LogP contribution in [0.5, 0.6) is 0 Å². The van der Waals surface area contributed by atoms with E-state index in [1.54, 1.807) is 21.6 Å². The van der Waals surface area contributed by atoms with Gasteiger partial charge in [-0.2, -0.15) is 0 Å². The van der Waals surface area contributed by atoms with Crippen molar-refractivity contribution in [3.63, 3.8) is 0 Å². The summed E-state index contributed by atoms with van der Waals surface area (Å²) in [6.45, 7) is 6.62. The first-order valence-electron chi connectivity index (χ1n) is 11.3. The Morgan fingerprint density at radius 3 is 2.62 bits per heavy atom. The van der Waals surface area contributed by atoms with Gasteiger partial charge >= 0.3 is 0 Å². The predicted molar refractivity (Wildman–Crippen MR) is 133 cm³/mol. The first-order valence-corrected chi connectivity index (χ1v) is 12.5. The van der Waals surface area contributed by atoms with Crippen molar-refractivity contribution in [1.82, 2.24) is 19.2 Å². The molecule has 0 bridgehead atoms. The summed E-state index contributed by atoms with van der Waals surface area (Å²) in [6, 6.07) is 5.73. The van der Waals surface area contributed by atoms with Crippen LogP contribution in [0.1, 0.15) is 38.2 Å². The summed E-state index contributed by atoms with van der Waals surface area (Å²) in [5, 5.41) is 0. The summed E-state index contributed by atoms with van der Waals surface area (Å²) in [7, 11) is 0. The van der Waals surface area contributed by atoms with E-state index in [0.717, 1.165) is 58.4 Å². The summed E-state index contributed by atoms with van der Waals surface area (Å²) in [4.78, 5) is 38.4. The monoisotopic (exact) mass is 469 g/mol. The van der Waals surface area contributed by atoms with E-state index in [4.69, 9.17) is 17.2 Å². The number of hydrogen-bond acceptors (Lipinski definition) is 7. The molecule has 3 fully saturated rings. The highest BCUT2D eigenvalue weighted by Crippen LogP contribution is 2.38. The van der Waals surface area contributed by atoms with Crippen LogP contribution in [0.4, 0.5) is 5.82 Å². The molecule has 1 amide bonds. The number of thioether (sulfide) groups is 1. The molecule has 32 heavy (non-hydrogen) atoms. The van der Waals surface area contributed by atoms with Crippen LogP contribution in [0.2, 0.25) is 0 Å². The molecule has 7 nitrogen and oxygen atoms in total. The number of hydrogen-bond donors (Lipinski definition) is 0. The zero-order valence-electron chi connectivity index (χ0n) is 18.2. The minimum atomic E-state index is -0.158. The van der Waals surface area contributed by atoms with Crippen LogP contribution in [0, 0.1) is 0 Å². The molecule has 0 unspecified atom stereocenters. The summed E-state index contributed by atoms with van der Waals surface area (Å²) in [6.07, 6.45) is 7.70. The molecule has 4 heterocycles. The van der Waals surface area contributed by atoms with E-state index >= 15 is 0 Å². The number of amides is 1. The molecule has 2 aromatic heterocycles. The third-order valence-corrected chi connectivity index (χ3v) is 7.99. The van der Waals surface area contributed by atoms with Crippen LogP contribution in [-0.4, -0.2) is 68.2 Å². The quantitative estimate of drug-likeness (QED) is 0.504. The second-order valence-electron chi connectivity index (χ2n) is 8.49. The van der Waals surface area contributed by atoms with Gasteiger partial charge in [-0.05, 0) is 37.6 Å². The summed E-state index contributed by atoms with van der Waals surface area (Å²) < 4.78 is 2.15. The van der Waals surface area contributed by atoms with E-state index in [9.17, 15) is 9.59 Å². The standard InChI is InChI=1S/C23H27N5O2S2/c1-2-25-11-13-26(14-12-25)20-17(21(29)27-10-6-5-9-19(27)24-20)15-18-22(30)28(23(31)32-18)16-7-3-4-8-16/h5-6,9-10,15-16H,2-4,7-8,11-14H2,1H3/b18-15-. The maximum absolute atomic E-state index is 13.5. The maximum atomic E-state index is 13.5. The Morgan fingerprint density at radius 2 is 1.91 bits per heavy atom. The zero-order chi connectivity index (χ0) is 22.2. The van der Waals surface area contributed by atoms with Crippen LogP contribution >= 0.6 is 24.0 Å². The fourth-order valence-electron chi connectivity index (χ4n) is 4.82. The number of rotatable bonds is 4. The zero-order valence-corrected chi connectivity index (χ0v) is 19.8. The smallest absolute Gasteiger partial charge is 0.267 e. The number of nitrogens with zero attached hydrogens (tertiary/aromatic N) is 5. The molecule has 2 aliphatic heterocycles. The lowest BCUT2D eigenvalue weighted by molar-refractivity contribution is -0.123. The number of carbonyl (C=O) groups excluding carboxylic acids is 1. The highest BCUT2D eigenvalue weighted by Gasteiger charge is 2.38. The fourth-order valence-corrected chi connectivity index (χ4v) is 6.20. The average Bonchev–Trinajstić information content (AvgIpc) is 3.43. The van der Waals surface area contributed by atoms with Crippen LogP contribution in [0.25, 0.3) is 11.7 Å². The van der Waals surface area contributed by atoms with Crippen LogP contribution < -0.4 is 10.5 Å². The van der Waals surface area contributed by atoms with Crippen molar-refractivity contribution >= 4 is 51.7 Å². The first kappa shape index (κ1) is 21.6. The van der Waals surface area contributed by atoms with Crippen LogP contribution in [-0.2, 0) is 4.79 Å². The molecule has 0 N–H and O–H groups in total. The number of piperazine rings is 1. The van der Waals surface area contributed by atoms with E-state index in [1.807, 2.05) is 18.2 Å². The molecule has 168 valence electrons. The largest absolute Gasteiger partial charge is 0.353 e. The number of carbonyl (C=O) groups is 1. The Morgan fingerprint density at radius 1 is 1.16 bits per heavy atom. The summed E-state index contributed by atoms with van der Waals surface area (Å²) >= 11 is 6.86. The van der Waals surface area contributed by atoms with Crippen molar-refractivity contribution in [2.75, 3.05) is 37.6 Å². The van der Waals surface area contributed by atoms with Crippen molar-refractivity contribution < 1.29 is 4.79 Å². The van der Waals surface area contributed by atoms with E-state index in [-0.39, 0.29) is 17.5 Å². The molecule has 0 radical (unpaired) electrons. The van der Waals surface area contributed by atoms with E-state index in [1.165, 1.54) is 11.8 Å². The van der Waals surface area contributed by atoms with Gasteiger partial charge in [0, 0.05) is 38.4 Å². The molecule has 5 rings (SSSR count). The van der Waals surface area contributed by atoms with Gasteiger partial charge in [0.25, 0.3) is 11.5 Å². The minimum Gasteiger partial charge on any atom is -0.353 e. The molecule has 0 atom stereocenters. The summed E-state index contributed by atoms with van der Waals surface area (Å²) in [5.74, 6) is 0.578. The minimum absolute atomic E-state index is 0.0776. The molecule has 3 aliphatic rings. The van der Waals surface area contributed by atoms with Gasteiger partial charge in [0.15, 0.2) is 0 Å². The third-order valence-electron chi connectivity index (χ3n) is 6.66. The third kappa shape index (κ3) is 3.86. The van der Waals surface area contributed by atoms with Crippen molar-refractivity contribution in [3.8, 4) is 0 Å². The highest BCUT2D eigenvalue weighted by atomic mass is 32.2. The van der Waals surface area contributed by atoms with E-state index < -0.39 is 0 Å². The van der Waals surface area contributed by atoms with Crippen molar-refractivity contribution in [3.05, 3.63) is 45.2 Å².